The van der Waals surface area contributed by atoms with Gasteiger partial charge in [0.2, 0.25) is 15.9 Å². The van der Waals surface area contributed by atoms with E-state index in [4.69, 9.17) is 15.2 Å². The van der Waals surface area contributed by atoms with E-state index in [-0.39, 0.29) is 10.8 Å². The summed E-state index contributed by atoms with van der Waals surface area (Å²) in [6.45, 7) is 2.86. The lowest BCUT2D eigenvalue weighted by atomic mass is 9.97. The van der Waals surface area contributed by atoms with Crippen LogP contribution >= 0.6 is 0 Å². The van der Waals surface area contributed by atoms with E-state index >= 15 is 0 Å². The molecule has 1 fully saturated rings. The number of fused-ring (bicyclic) bond motifs is 1. The first kappa shape index (κ1) is 19.9. The van der Waals surface area contributed by atoms with E-state index in [9.17, 15) is 13.2 Å². The van der Waals surface area contributed by atoms with Crippen molar-refractivity contribution in [1.82, 2.24) is 10.0 Å². The third kappa shape index (κ3) is 4.53. The van der Waals surface area contributed by atoms with Crippen molar-refractivity contribution in [3.8, 4) is 11.5 Å². The van der Waals surface area contributed by atoms with Crippen LogP contribution in [0.25, 0.3) is 0 Å². The average molecular weight is 397 g/mol. The summed E-state index contributed by atoms with van der Waals surface area (Å²) in [5, 5.41) is 2.94. The van der Waals surface area contributed by atoms with Crippen molar-refractivity contribution in [1.29, 1.82) is 0 Å². The smallest absolute Gasteiger partial charge is 0.241 e. The molecular formula is C18H27N3O5S. The molecular weight excluding hydrogens is 370 g/mol. The summed E-state index contributed by atoms with van der Waals surface area (Å²) >= 11 is 0. The number of amides is 1. The highest BCUT2D eigenvalue weighted by molar-refractivity contribution is 7.89. The first-order valence-corrected chi connectivity index (χ1v) is 10.8. The van der Waals surface area contributed by atoms with Gasteiger partial charge in [-0.2, -0.15) is 4.72 Å². The molecule has 1 aliphatic carbocycles. The average Bonchev–Trinajstić information content (AvgIpc) is 2.97. The molecule has 0 radical (unpaired) electrons. The van der Waals surface area contributed by atoms with Crippen LogP contribution in [-0.2, 0) is 14.8 Å². The molecule has 1 amide bonds. The number of hydrogen-bond donors (Lipinski definition) is 3. The van der Waals surface area contributed by atoms with Gasteiger partial charge in [0.05, 0.1) is 29.7 Å². The third-order valence-electron chi connectivity index (χ3n) is 5.09. The highest BCUT2D eigenvalue weighted by Gasteiger charge is 2.35. The Morgan fingerprint density at radius 1 is 1.19 bits per heavy atom. The van der Waals surface area contributed by atoms with Crippen LogP contribution < -0.4 is 25.2 Å². The Balaban J connectivity index is 1.70. The first-order chi connectivity index (χ1) is 12.9. The molecule has 1 aromatic carbocycles. The molecule has 4 N–H and O–H groups in total. The topological polar surface area (TPSA) is 120 Å². The number of hydrogen-bond acceptors (Lipinski definition) is 6. The summed E-state index contributed by atoms with van der Waals surface area (Å²) in [6, 6.07) is 3.52. The summed E-state index contributed by atoms with van der Waals surface area (Å²) in [5.74, 6) is 0.532. The van der Waals surface area contributed by atoms with Crippen molar-refractivity contribution >= 4 is 15.9 Å². The van der Waals surface area contributed by atoms with Crippen LogP contribution in [0.2, 0.25) is 0 Å². The predicted octanol–water partition coefficient (Wildman–Crippen LogP) is 0.902. The van der Waals surface area contributed by atoms with Gasteiger partial charge in [-0.05, 0) is 31.9 Å². The van der Waals surface area contributed by atoms with Gasteiger partial charge in [0, 0.05) is 19.0 Å². The van der Waals surface area contributed by atoms with Gasteiger partial charge < -0.3 is 20.5 Å². The number of nitrogens with two attached hydrogens (primary N) is 1. The molecule has 0 aromatic heterocycles. The lowest BCUT2D eigenvalue weighted by Gasteiger charge is -2.30. The van der Waals surface area contributed by atoms with E-state index in [2.05, 4.69) is 10.0 Å². The van der Waals surface area contributed by atoms with Crippen LogP contribution in [0.3, 0.4) is 0 Å². The van der Waals surface area contributed by atoms with Crippen molar-refractivity contribution in [3.63, 3.8) is 0 Å². The van der Waals surface area contributed by atoms with Crippen LogP contribution in [0, 0.1) is 0 Å². The molecule has 0 saturated heterocycles. The fourth-order valence-electron chi connectivity index (χ4n) is 3.47. The van der Waals surface area contributed by atoms with Crippen molar-refractivity contribution in [2.75, 3.05) is 19.8 Å². The molecule has 1 saturated carbocycles. The van der Waals surface area contributed by atoms with E-state index in [1.807, 2.05) is 0 Å². The largest absolute Gasteiger partial charge is 0.490 e. The fraction of sp³-hybridized carbons (Fsp3) is 0.611. The maximum Gasteiger partial charge on any atom is 0.241 e. The Kier molecular flexibility index (Phi) is 5.92. The van der Waals surface area contributed by atoms with E-state index in [1.54, 1.807) is 6.07 Å². The number of nitrogens with one attached hydrogen (secondary N) is 2. The lowest BCUT2D eigenvalue weighted by molar-refractivity contribution is -0.124. The third-order valence-corrected chi connectivity index (χ3v) is 6.63. The maximum atomic E-state index is 12.7. The highest BCUT2D eigenvalue weighted by Crippen LogP contribution is 2.32. The van der Waals surface area contributed by atoms with Crippen molar-refractivity contribution in [3.05, 3.63) is 18.2 Å². The van der Waals surface area contributed by atoms with Crippen molar-refractivity contribution < 1.29 is 22.7 Å². The van der Waals surface area contributed by atoms with Crippen molar-refractivity contribution in [2.45, 2.75) is 55.5 Å². The van der Waals surface area contributed by atoms with E-state index < -0.39 is 21.6 Å². The first-order valence-electron chi connectivity index (χ1n) is 9.29. The van der Waals surface area contributed by atoms with Gasteiger partial charge in [-0.3, -0.25) is 4.79 Å². The molecule has 1 unspecified atom stereocenters. The van der Waals surface area contributed by atoms with Gasteiger partial charge in [0.25, 0.3) is 0 Å². The summed E-state index contributed by atoms with van der Waals surface area (Å²) < 4.78 is 38.9. The highest BCUT2D eigenvalue weighted by atomic mass is 32.2. The van der Waals surface area contributed by atoms with Gasteiger partial charge >= 0.3 is 0 Å². The number of carbonyl (C=O) groups is 1. The number of ether oxygens (including phenoxy) is 2. The monoisotopic (exact) mass is 397 g/mol. The second-order valence-corrected chi connectivity index (χ2v) is 8.90. The minimum atomic E-state index is -3.89. The van der Waals surface area contributed by atoms with Crippen LogP contribution in [-0.4, -0.2) is 45.7 Å². The molecule has 1 atom stereocenters. The van der Waals surface area contributed by atoms with Gasteiger partial charge in [0.1, 0.15) is 0 Å². The number of carbonyl (C=O) groups excluding carboxylic acids is 1. The van der Waals surface area contributed by atoms with Gasteiger partial charge in [0.15, 0.2) is 11.5 Å². The second-order valence-electron chi connectivity index (χ2n) is 7.18. The normalized spacial score (nSPS) is 19.9. The van der Waals surface area contributed by atoms with E-state index in [1.165, 1.54) is 19.1 Å². The molecule has 1 aliphatic heterocycles. The summed E-state index contributed by atoms with van der Waals surface area (Å²) in [7, 11) is -3.89. The van der Waals surface area contributed by atoms with Crippen molar-refractivity contribution in [2.24, 2.45) is 5.73 Å². The van der Waals surface area contributed by atoms with E-state index in [0.29, 0.717) is 31.3 Å². The van der Waals surface area contributed by atoms with Crippen LogP contribution in [0.15, 0.2) is 23.1 Å². The zero-order valence-corrected chi connectivity index (χ0v) is 16.3. The molecule has 1 aromatic rings. The molecule has 9 heteroatoms. The number of sulfonamides is 1. The van der Waals surface area contributed by atoms with Crippen LogP contribution in [0.1, 0.15) is 39.0 Å². The summed E-state index contributed by atoms with van der Waals surface area (Å²) in [5.41, 5.74) is 5.41. The molecule has 150 valence electrons. The Bertz CT molecular complexity index is 790. The van der Waals surface area contributed by atoms with E-state index in [0.717, 1.165) is 32.1 Å². The molecule has 2 aliphatic rings. The van der Waals surface area contributed by atoms with Gasteiger partial charge in [-0.1, -0.05) is 12.8 Å². The Morgan fingerprint density at radius 2 is 1.85 bits per heavy atom. The van der Waals surface area contributed by atoms with Gasteiger partial charge in [-0.25, -0.2) is 8.42 Å². The quantitative estimate of drug-likeness (QED) is 0.656. The zero-order valence-electron chi connectivity index (χ0n) is 15.5. The Labute approximate surface area is 159 Å². The maximum absolute atomic E-state index is 12.7. The minimum Gasteiger partial charge on any atom is -0.490 e. The molecule has 0 spiro atoms. The lowest BCUT2D eigenvalue weighted by Crippen LogP contribution is -2.56. The zero-order chi connectivity index (χ0) is 19.5. The van der Waals surface area contributed by atoms with Crippen LogP contribution in [0.5, 0.6) is 11.5 Å². The SMILES string of the molecule is CC(NS(=O)(=O)c1ccc2c(c1)OCCCO2)C(=O)NC1(CN)CCCC1. The summed E-state index contributed by atoms with van der Waals surface area (Å²) in [6.07, 6.45) is 4.38. The standard InChI is InChI=1S/C18H27N3O5S/c1-13(17(22)20-18(12-19)7-2-3-8-18)21-27(23,24)14-5-6-15-16(11-14)26-10-4-9-25-15/h5-6,11,13,21H,2-4,7-10,12,19H2,1H3,(H,20,22). The number of rotatable bonds is 6. The van der Waals surface area contributed by atoms with Gasteiger partial charge in [-0.15, -0.1) is 0 Å². The summed E-state index contributed by atoms with van der Waals surface area (Å²) in [4.78, 5) is 12.5. The van der Waals surface area contributed by atoms with Crippen LogP contribution in [0.4, 0.5) is 0 Å². The number of benzene rings is 1. The molecule has 3 rings (SSSR count). The Morgan fingerprint density at radius 3 is 2.52 bits per heavy atom. The molecule has 8 nitrogen and oxygen atoms in total. The molecule has 1 heterocycles. The molecule has 27 heavy (non-hydrogen) atoms. The minimum absolute atomic E-state index is 0.0285. The predicted molar refractivity (Wildman–Crippen MR) is 100 cm³/mol. The fourth-order valence-corrected chi connectivity index (χ4v) is 4.68. The molecule has 0 bridgehead atoms. The second kappa shape index (κ2) is 8.04. The Hall–Kier alpha value is -1.84.